The summed E-state index contributed by atoms with van der Waals surface area (Å²) >= 11 is 0. The molecule has 0 saturated heterocycles. The standard InChI is InChI=1S/C18H16N2O4/c1-12-19-17(24-20-12)14-6-8-15(9-7-14)18(21)23-11-13-4-3-5-16(10-13)22-2/h3-10H,11H2,1-2H3. The molecule has 2 aromatic carbocycles. The lowest BCUT2D eigenvalue weighted by molar-refractivity contribution is 0.0472. The highest BCUT2D eigenvalue weighted by atomic mass is 16.5. The third-order valence-electron chi connectivity index (χ3n) is 3.40. The van der Waals surface area contributed by atoms with Crippen LogP contribution in [0.3, 0.4) is 0 Å². The van der Waals surface area contributed by atoms with E-state index < -0.39 is 5.97 Å². The number of benzene rings is 2. The number of carbonyl (C=O) groups is 1. The normalized spacial score (nSPS) is 10.4. The molecule has 0 fully saturated rings. The fourth-order valence-electron chi connectivity index (χ4n) is 2.16. The Morgan fingerprint density at radius 1 is 1.17 bits per heavy atom. The van der Waals surface area contributed by atoms with Crippen molar-refractivity contribution in [3.8, 4) is 17.2 Å². The topological polar surface area (TPSA) is 74.5 Å². The smallest absolute Gasteiger partial charge is 0.338 e. The average Bonchev–Trinajstić information content (AvgIpc) is 3.06. The SMILES string of the molecule is COc1cccc(COC(=O)c2ccc(-c3nc(C)no3)cc2)c1. The first-order valence-electron chi connectivity index (χ1n) is 7.36. The van der Waals surface area contributed by atoms with E-state index in [1.54, 1.807) is 38.3 Å². The zero-order valence-corrected chi connectivity index (χ0v) is 13.4. The van der Waals surface area contributed by atoms with Gasteiger partial charge in [-0.1, -0.05) is 17.3 Å². The molecule has 3 aromatic rings. The Labute approximate surface area is 139 Å². The van der Waals surface area contributed by atoms with Gasteiger partial charge in [0.05, 0.1) is 12.7 Å². The molecule has 0 unspecified atom stereocenters. The Morgan fingerprint density at radius 2 is 1.96 bits per heavy atom. The van der Waals surface area contributed by atoms with Crippen molar-refractivity contribution in [2.24, 2.45) is 0 Å². The van der Waals surface area contributed by atoms with Crippen molar-refractivity contribution < 1.29 is 18.8 Å². The molecule has 0 amide bonds. The van der Waals surface area contributed by atoms with E-state index in [4.69, 9.17) is 14.0 Å². The molecule has 6 nitrogen and oxygen atoms in total. The number of methoxy groups -OCH3 is 1. The van der Waals surface area contributed by atoms with E-state index in [-0.39, 0.29) is 6.61 Å². The van der Waals surface area contributed by atoms with E-state index in [0.29, 0.717) is 17.3 Å². The van der Waals surface area contributed by atoms with Crippen LogP contribution in [-0.2, 0) is 11.3 Å². The molecule has 0 aliphatic carbocycles. The van der Waals surface area contributed by atoms with Crippen LogP contribution in [0.1, 0.15) is 21.7 Å². The van der Waals surface area contributed by atoms with Gasteiger partial charge in [-0.3, -0.25) is 0 Å². The van der Waals surface area contributed by atoms with Gasteiger partial charge in [0.1, 0.15) is 12.4 Å². The van der Waals surface area contributed by atoms with Crippen LogP contribution in [0, 0.1) is 6.92 Å². The van der Waals surface area contributed by atoms with Crippen LogP contribution in [0.25, 0.3) is 11.5 Å². The Morgan fingerprint density at radius 3 is 2.62 bits per heavy atom. The first kappa shape index (κ1) is 15.7. The predicted octanol–water partition coefficient (Wildman–Crippen LogP) is 3.41. The Hall–Kier alpha value is -3.15. The summed E-state index contributed by atoms with van der Waals surface area (Å²) in [7, 11) is 1.59. The lowest BCUT2D eigenvalue weighted by atomic mass is 10.1. The number of aromatic nitrogens is 2. The monoisotopic (exact) mass is 324 g/mol. The highest BCUT2D eigenvalue weighted by Gasteiger charge is 2.10. The zero-order chi connectivity index (χ0) is 16.9. The largest absolute Gasteiger partial charge is 0.497 e. The summed E-state index contributed by atoms with van der Waals surface area (Å²) in [5.74, 6) is 1.31. The first-order valence-corrected chi connectivity index (χ1v) is 7.36. The van der Waals surface area contributed by atoms with E-state index in [0.717, 1.165) is 16.9 Å². The first-order chi connectivity index (χ1) is 11.7. The lowest BCUT2D eigenvalue weighted by Gasteiger charge is -2.07. The van der Waals surface area contributed by atoms with Crippen molar-refractivity contribution in [1.82, 2.24) is 10.1 Å². The minimum Gasteiger partial charge on any atom is -0.497 e. The van der Waals surface area contributed by atoms with Crippen LogP contribution in [0.2, 0.25) is 0 Å². The number of esters is 1. The molecule has 3 rings (SSSR count). The van der Waals surface area contributed by atoms with Gasteiger partial charge in [0.2, 0.25) is 0 Å². The third-order valence-corrected chi connectivity index (χ3v) is 3.40. The zero-order valence-electron chi connectivity index (χ0n) is 13.4. The lowest BCUT2D eigenvalue weighted by Crippen LogP contribution is -2.05. The van der Waals surface area contributed by atoms with Gasteiger partial charge in [0.15, 0.2) is 5.82 Å². The van der Waals surface area contributed by atoms with E-state index in [1.807, 2.05) is 24.3 Å². The Kier molecular flexibility index (Phi) is 4.56. The Balaban J connectivity index is 1.64. The average molecular weight is 324 g/mol. The van der Waals surface area contributed by atoms with Crippen molar-refractivity contribution in [2.75, 3.05) is 7.11 Å². The molecular weight excluding hydrogens is 308 g/mol. The minimum atomic E-state index is -0.397. The second-order valence-electron chi connectivity index (χ2n) is 5.15. The number of rotatable bonds is 5. The molecule has 0 radical (unpaired) electrons. The Bertz CT molecular complexity index is 840. The fourth-order valence-corrected chi connectivity index (χ4v) is 2.16. The number of hydrogen-bond donors (Lipinski definition) is 0. The molecule has 1 heterocycles. The number of aryl methyl sites for hydroxylation is 1. The summed E-state index contributed by atoms with van der Waals surface area (Å²) in [4.78, 5) is 16.3. The number of ether oxygens (including phenoxy) is 2. The molecule has 0 N–H and O–H groups in total. The van der Waals surface area contributed by atoms with Gasteiger partial charge < -0.3 is 14.0 Å². The third kappa shape index (κ3) is 3.60. The molecule has 24 heavy (non-hydrogen) atoms. The predicted molar refractivity (Wildman–Crippen MR) is 86.6 cm³/mol. The molecule has 0 spiro atoms. The summed E-state index contributed by atoms with van der Waals surface area (Å²) in [6.07, 6.45) is 0. The van der Waals surface area contributed by atoms with Crippen LogP contribution in [-0.4, -0.2) is 23.2 Å². The summed E-state index contributed by atoms with van der Waals surface area (Å²) < 4.78 is 15.5. The maximum absolute atomic E-state index is 12.1. The van der Waals surface area contributed by atoms with E-state index in [1.165, 1.54) is 0 Å². The summed E-state index contributed by atoms with van der Waals surface area (Å²) in [5.41, 5.74) is 2.07. The van der Waals surface area contributed by atoms with Gasteiger partial charge >= 0.3 is 5.97 Å². The quantitative estimate of drug-likeness (QED) is 0.670. The van der Waals surface area contributed by atoms with E-state index in [9.17, 15) is 4.79 Å². The number of nitrogens with zero attached hydrogens (tertiary/aromatic N) is 2. The number of hydrogen-bond acceptors (Lipinski definition) is 6. The van der Waals surface area contributed by atoms with E-state index in [2.05, 4.69) is 10.1 Å². The van der Waals surface area contributed by atoms with Gasteiger partial charge in [-0.05, 0) is 48.9 Å². The highest BCUT2D eigenvalue weighted by Crippen LogP contribution is 2.18. The fraction of sp³-hybridized carbons (Fsp3) is 0.167. The molecule has 122 valence electrons. The van der Waals surface area contributed by atoms with E-state index >= 15 is 0 Å². The molecule has 6 heteroatoms. The van der Waals surface area contributed by atoms with Gasteiger partial charge in [-0.15, -0.1) is 0 Å². The molecular formula is C18H16N2O4. The molecule has 0 aliphatic rings. The van der Waals surface area contributed by atoms with Crippen molar-refractivity contribution >= 4 is 5.97 Å². The van der Waals surface area contributed by atoms with Crippen LogP contribution in [0.5, 0.6) is 5.75 Å². The van der Waals surface area contributed by atoms with Crippen molar-refractivity contribution in [3.05, 3.63) is 65.5 Å². The maximum Gasteiger partial charge on any atom is 0.338 e. The maximum atomic E-state index is 12.1. The summed E-state index contributed by atoms with van der Waals surface area (Å²) in [6, 6.07) is 14.2. The molecule has 1 aromatic heterocycles. The van der Waals surface area contributed by atoms with Gasteiger partial charge in [0.25, 0.3) is 5.89 Å². The van der Waals surface area contributed by atoms with Crippen LogP contribution in [0.15, 0.2) is 53.1 Å². The van der Waals surface area contributed by atoms with Crippen LogP contribution < -0.4 is 4.74 Å². The molecule has 0 atom stereocenters. The molecule has 0 aliphatic heterocycles. The minimum absolute atomic E-state index is 0.181. The van der Waals surface area contributed by atoms with Crippen LogP contribution in [0.4, 0.5) is 0 Å². The summed E-state index contributed by atoms with van der Waals surface area (Å²) in [6.45, 7) is 1.93. The van der Waals surface area contributed by atoms with Crippen molar-refractivity contribution in [1.29, 1.82) is 0 Å². The second kappa shape index (κ2) is 6.95. The van der Waals surface area contributed by atoms with Crippen LogP contribution >= 0.6 is 0 Å². The van der Waals surface area contributed by atoms with Crippen molar-refractivity contribution in [3.63, 3.8) is 0 Å². The van der Waals surface area contributed by atoms with Gasteiger partial charge in [-0.2, -0.15) is 4.98 Å². The van der Waals surface area contributed by atoms with Crippen molar-refractivity contribution in [2.45, 2.75) is 13.5 Å². The number of carbonyl (C=O) groups excluding carboxylic acids is 1. The highest BCUT2D eigenvalue weighted by molar-refractivity contribution is 5.89. The van der Waals surface area contributed by atoms with Gasteiger partial charge in [-0.25, -0.2) is 4.79 Å². The molecule has 0 bridgehead atoms. The van der Waals surface area contributed by atoms with Gasteiger partial charge in [0, 0.05) is 5.56 Å². The molecule has 0 saturated carbocycles. The second-order valence-corrected chi connectivity index (χ2v) is 5.15. The summed E-state index contributed by atoms with van der Waals surface area (Å²) in [5, 5.41) is 3.74.